The van der Waals surface area contributed by atoms with E-state index >= 15 is 0 Å². The molecule has 0 amide bonds. The normalized spacial score (nSPS) is 17.1. The van der Waals surface area contributed by atoms with E-state index in [1.807, 2.05) is 0 Å². The first-order valence-corrected chi connectivity index (χ1v) is 4.56. The van der Waals surface area contributed by atoms with Crippen LogP contribution < -0.4 is 4.90 Å². The van der Waals surface area contributed by atoms with Gasteiger partial charge in [-0.1, -0.05) is 6.07 Å². The van der Waals surface area contributed by atoms with Crippen LogP contribution >= 0.6 is 0 Å². The van der Waals surface area contributed by atoms with E-state index in [9.17, 15) is 8.78 Å². The molecule has 14 heavy (non-hydrogen) atoms. The zero-order chi connectivity index (χ0) is 9.97. The molecule has 1 aromatic carbocycles. The van der Waals surface area contributed by atoms with Gasteiger partial charge >= 0.3 is 0 Å². The zero-order valence-electron chi connectivity index (χ0n) is 7.67. The average molecular weight is 199 g/mol. The zero-order valence-corrected chi connectivity index (χ0v) is 7.67. The number of benzene rings is 1. The number of nitrogens with zero attached hydrogens (tertiary/aromatic N) is 1. The van der Waals surface area contributed by atoms with E-state index in [1.54, 1.807) is 11.0 Å². The average Bonchev–Trinajstić information content (AvgIpc) is 2.23. The van der Waals surface area contributed by atoms with Crippen LogP contribution in [0.3, 0.4) is 0 Å². The van der Waals surface area contributed by atoms with Crippen LogP contribution in [0.4, 0.5) is 14.5 Å². The Labute approximate surface area is 81.1 Å². The number of halogens is 2. The fourth-order valence-electron chi connectivity index (χ4n) is 1.54. The second-order valence-corrected chi connectivity index (χ2v) is 3.17. The Balaban J connectivity index is 2.26. The third-order valence-electron chi connectivity index (χ3n) is 2.28. The van der Waals surface area contributed by atoms with Crippen molar-refractivity contribution in [3.05, 3.63) is 29.8 Å². The largest absolute Gasteiger partial charge is 0.378 e. The summed E-state index contributed by atoms with van der Waals surface area (Å²) < 4.78 is 31.4. The molecule has 1 saturated heterocycles. The van der Waals surface area contributed by atoms with Crippen LogP contribution in [0.15, 0.2) is 18.2 Å². The first-order valence-electron chi connectivity index (χ1n) is 4.56. The third-order valence-corrected chi connectivity index (χ3v) is 2.28. The molecule has 4 heteroatoms. The van der Waals surface area contributed by atoms with Gasteiger partial charge in [0.05, 0.1) is 18.9 Å². The smallest absolute Gasteiger partial charge is 0.182 e. The summed E-state index contributed by atoms with van der Waals surface area (Å²) in [6.45, 7) is 2.35. The predicted molar refractivity (Wildman–Crippen MR) is 49.4 cm³/mol. The second kappa shape index (κ2) is 3.92. The maximum absolute atomic E-state index is 13.3. The quantitative estimate of drug-likeness (QED) is 0.683. The minimum absolute atomic E-state index is 0.327. The molecule has 1 fully saturated rings. The van der Waals surface area contributed by atoms with Gasteiger partial charge in [0.1, 0.15) is 0 Å². The van der Waals surface area contributed by atoms with Gasteiger partial charge in [-0.25, -0.2) is 8.78 Å². The first-order chi connectivity index (χ1) is 6.79. The minimum atomic E-state index is -0.797. The van der Waals surface area contributed by atoms with Crippen molar-refractivity contribution >= 4 is 5.69 Å². The lowest BCUT2D eigenvalue weighted by molar-refractivity contribution is 0.122. The van der Waals surface area contributed by atoms with E-state index in [2.05, 4.69) is 0 Å². The first kappa shape index (κ1) is 9.40. The maximum Gasteiger partial charge on any atom is 0.182 e. The summed E-state index contributed by atoms with van der Waals surface area (Å²) in [5, 5.41) is 0. The van der Waals surface area contributed by atoms with Crippen molar-refractivity contribution in [3.63, 3.8) is 0 Å². The van der Waals surface area contributed by atoms with Crippen LogP contribution in [0, 0.1) is 11.6 Å². The number of hydrogen-bond donors (Lipinski definition) is 0. The van der Waals surface area contributed by atoms with Gasteiger partial charge in [-0.15, -0.1) is 0 Å². The highest BCUT2D eigenvalue weighted by molar-refractivity contribution is 5.48. The van der Waals surface area contributed by atoms with E-state index < -0.39 is 11.6 Å². The molecule has 2 nitrogen and oxygen atoms in total. The Morgan fingerprint density at radius 1 is 1.14 bits per heavy atom. The number of rotatable bonds is 1. The van der Waals surface area contributed by atoms with Crippen LogP contribution in [0.2, 0.25) is 0 Å². The van der Waals surface area contributed by atoms with Crippen molar-refractivity contribution < 1.29 is 13.5 Å². The highest BCUT2D eigenvalue weighted by atomic mass is 19.2. The molecule has 0 atom stereocenters. The molecule has 0 N–H and O–H groups in total. The Hall–Kier alpha value is -1.16. The summed E-state index contributed by atoms with van der Waals surface area (Å²) in [6, 6.07) is 4.23. The van der Waals surface area contributed by atoms with E-state index in [4.69, 9.17) is 4.74 Å². The molecule has 0 radical (unpaired) electrons. The molecular formula is C10H11F2NO. The van der Waals surface area contributed by atoms with Crippen LogP contribution in [-0.4, -0.2) is 26.3 Å². The van der Waals surface area contributed by atoms with Gasteiger partial charge < -0.3 is 9.64 Å². The molecule has 76 valence electrons. The van der Waals surface area contributed by atoms with Crippen molar-refractivity contribution in [2.75, 3.05) is 31.2 Å². The predicted octanol–water partition coefficient (Wildman–Crippen LogP) is 1.80. The van der Waals surface area contributed by atoms with Crippen molar-refractivity contribution in [2.45, 2.75) is 0 Å². The number of anilines is 1. The number of ether oxygens (including phenoxy) is 1. The van der Waals surface area contributed by atoms with E-state index in [-0.39, 0.29) is 0 Å². The van der Waals surface area contributed by atoms with Crippen molar-refractivity contribution in [1.82, 2.24) is 0 Å². The summed E-state index contributed by atoms with van der Waals surface area (Å²) in [7, 11) is 0. The monoisotopic (exact) mass is 199 g/mol. The molecule has 2 rings (SSSR count). The lowest BCUT2D eigenvalue weighted by Crippen LogP contribution is -2.36. The number of hydrogen-bond acceptors (Lipinski definition) is 2. The molecule has 0 saturated carbocycles. The SMILES string of the molecule is Fc1cccc(N2CCOCC2)c1F. The van der Waals surface area contributed by atoms with Crippen LogP contribution in [0.25, 0.3) is 0 Å². The molecule has 0 unspecified atom stereocenters. The lowest BCUT2D eigenvalue weighted by Gasteiger charge is -2.29. The van der Waals surface area contributed by atoms with Gasteiger partial charge in [-0.3, -0.25) is 0 Å². The van der Waals surface area contributed by atoms with E-state index in [0.717, 1.165) is 6.07 Å². The van der Waals surface area contributed by atoms with Crippen LogP contribution in [-0.2, 0) is 4.74 Å². The van der Waals surface area contributed by atoms with Gasteiger partial charge in [-0.05, 0) is 12.1 Å². The summed E-state index contributed by atoms with van der Waals surface area (Å²) >= 11 is 0. The third kappa shape index (κ3) is 1.70. The van der Waals surface area contributed by atoms with Crippen molar-refractivity contribution in [3.8, 4) is 0 Å². The lowest BCUT2D eigenvalue weighted by atomic mass is 10.2. The fourth-order valence-corrected chi connectivity index (χ4v) is 1.54. The van der Waals surface area contributed by atoms with Gasteiger partial charge in [0.25, 0.3) is 0 Å². The molecular weight excluding hydrogens is 188 g/mol. The topological polar surface area (TPSA) is 12.5 Å². The molecule has 0 spiro atoms. The summed E-state index contributed by atoms with van der Waals surface area (Å²) in [4.78, 5) is 1.79. The Morgan fingerprint density at radius 2 is 1.86 bits per heavy atom. The molecule has 0 bridgehead atoms. The van der Waals surface area contributed by atoms with Gasteiger partial charge in [0, 0.05) is 13.1 Å². The highest BCUT2D eigenvalue weighted by Crippen LogP contribution is 2.21. The molecule has 1 aliphatic heterocycles. The summed E-state index contributed by atoms with van der Waals surface area (Å²) in [6.07, 6.45) is 0. The highest BCUT2D eigenvalue weighted by Gasteiger charge is 2.16. The Morgan fingerprint density at radius 3 is 2.57 bits per heavy atom. The summed E-state index contributed by atoms with van der Waals surface area (Å²) in [5.41, 5.74) is 0.327. The van der Waals surface area contributed by atoms with Crippen LogP contribution in [0.5, 0.6) is 0 Å². The molecule has 1 heterocycles. The standard InChI is InChI=1S/C10H11F2NO/c11-8-2-1-3-9(10(8)12)13-4-6-14-7-5-13/h1-3H,4-7H2. The van der Waals surface area contributed by atoms with Crippen molar-refractivity contribution in [1.29, 1.82) is 0 Å². The van der Waals surface area contributed by atoms with E-state index in [1.165, 1.54) is 6.07 Å². The van der Waals surface area contributed by atoms with Gasteiger partial charge in [0.2, 0.25) is 0 Å². The number of morpholine rings is 1. The van der Waals surface area contributed by atoms with Crippen LogP contribution in [0.1, 0.15) is 0 Å². The van der Waals surface area contributed by atoms with Gasteiger partial charge in [0.15, 0.2) is 11.6 Å². The van der Waals surface area contributed by atoms with Gasteiger partial charge in [-0.2, -0.15) is 0 Å². The molecule has 1 aromatic rings. The molecule has 0 aliphatic carbocycles. The maximum atomic E-state index is 13.3. The van der Waals surface area contributed by atoms with Crippen molar-refractivity contribution in [2.24, 2.45) is 0 Å². The van der Waals surface area contributed by atoms with E-state index in [0.29, 0.717) is 32.0 Å². The Bertz CT molecular complexity index is 324. The second-order valence-electron chi connectivity index (χ2n) is 3.17. The molecule has 1 aliphatic rings. The Kier molecular flexibility index (Phi) is 2.63. The molecule has 0 aromatic heterocycles. The fraction of sp³-hybridized carbons (Fsp3) is 0.400. The minimum Gasteiger partial charge on any atom is -0.378 e. The summed E-state index contributed by atoms with van der Waals surface area (Å²) in [5.74, 6) is -1.57.